The SMILES string of the molecule is CB(O)N(C)CCCN(CCCCNCC(CCCCCCNC(=O)CCCCCCCCCCCCCCCCCCCCCCCNC(=O)OCc1ccccc1)CNCCCCN(CCCN(C)B(C)O)B(C)O)B(C)O.CB=O.CB=O. The molecular weight excluding hydrogens is 1080 g/mol. The van der Waals surface area contributed by atoms with Crippen LogP contribution in [0.5, 0.6) is 0 Å². The summed E-state index contributed by atoms with van der Waals surface area (Å²) >= 11 is 0. The Bertz CT molecular complexity index is 1580. The number of benzene rings is 1. The molecule has 17 nitrogen and oxygen atoms in total. The van der Waals surface area contributed by atoms with Gasteiger partial charge in [-0.2, -0.15) is 0 Å². The van der Waals surface area contributed by atoms with Crippen LogP contribution < -0.4 is 21.3 Å². The van der Waals surface area contributed by atoms with Gasteiger partial charge in [0.15, 0.2) is 0 Å². The van der Waals surface area contributed by atoms with Gasteiger partial charge in [-0.25, -0.2) is 4.79 Å². The van der Waals surface area contributed by atoms with Crippen molar-refractivity contribution in [2.75, 3.05) is 92.6 Å². The van der Waals surface area contributed by atoms with Crippen molar-refractivity contribution < 1.29 is 43.8 Å². The third kappa shape index (κ3) is 60.5. The molecule has 0 bridgehead atoms. The van der Waals surface area contributed by atoms with Gasteiger partial charge in [-0.05, 0) is 183 Å². The van der Waals surface area contributed by atoms with Crippen molar-refractivity contribution in [1.29, 1.82) is 0 Å². The van der Waals surface area contributed by atoms with Crippen molar-refractivity contribution >= 4 is 54.5 Å². The molecule has 0 saturated heterocycles. The van der Waals surface area contributed by atoms with E-state index in [0.717, 1.165) is 162 Å². The Kier molecular flexibility index (Phi) is 65.2. The second-order valence-corrected chi connectivity index (χ2v) is 24.1. The summed E-state index contributed by atoms with van der Waals surface area (Å²) in [5, 5.41) is 53.7. The molecular formula is C63H130B6N8O9. The molecule has 0 unspecified atom stereocenters. The van der Waals surface area contributed by atoms with Crippen molar-refractivity contribution in [1.82, 2.24) is 40.5 Å². The van der Waals surface area contributed by atoms with Gasteiger partial charge in [0.25, 0.3) is 0 Å². The van der Waals surface area contributed by atoms with Crippen molar-refractivity contribution in [3.8, 4) is 0 Å². The first-order valence-corrected chi connectivity index (χ1v) is 34.7. The fourth-order valence-corrected chi connectivity index (χ4v) is 10.4. The van der Waals surface area contributed by atoms with Crippen LogP contribution in [0.15, 0.2) is 30.3 Å². The molecule has 0 aromatic heterocycles. The molecule has 0 heterocycles. The Hall–Kier alpha value is -2.45. The maximum absolute atomic E-state index is 12.5. The molecule has 1 aromatic rings. The first-order chi connectivity index (χ1) is 41.6. The van der Waals surface area contributed by atoms with Crippen molar-refractivity contribution in [2.45, 2.75) is 259 Å². The number of carbonyl (C=O) groups is 2. The molecule has 0 aliphatic rings. The fourth-order valence-electron chi connectivity index (χ4n) is 10.4. The number of ether oxygens (including phenoxy) is 1. The Morgan fingerprint density at radius 2 is 0.791 bits per heavy atom. The number of nitrogens with one attached hydrogen (secondary N) is 4. The van der Waals surface area contributed by atoms with E-state index < -0.39 is 28.2 Å². The number of alkyl carbamates (subject to hydrolysis) is 1. The van der Waals surface area contributed by atoms with Crippen LogP contribution in [-0.4, -0.2) is 186 Å². The van der Waals surface area contributed by atoms with Crippen LogP contribution in [-0.2, 0) is 25.5 Å². The van der Waals surface area contributed by atoms with E-state index in [1.807, 2.05) is 67.7 Å². The molecule has 1 rings (SSSR count). The third-order valence-electron chi connectivity index (χ3n) is 16.1. The third-order valence-corrected chi connectivity index (χ3v) is 16.1. The van der Waals surface area contributed by atoms with Crippen LogP contribution >= 0.6 is 0 Å². The van der Waals surface area contributed by atoms with E-state index in [1.54, 1.807) is 13.6 Å². The molecule has 0 aliphatic carbocycles. The van der Waals surface area contributed by atoms with Crippen LogP contribution in [0.4, 0.5) is 4.79 Å². The minimum atomic E-state index is -0.477. The van der Waals surface area contributed by atoms with Gasteiger partial charge in [-0.1, -0.05) is 172 Å². The van der Waals surface area contributed by atoms with E-state index in [1.165, 1.54) is 148 Å². The summed E-state index contributed by atoms with van der Waals surface area (Å²) in [6.45, 7) is 20.8. The van der Waals surface area contributed by atoms with E-state index >= 15 is 0 Å². The zero-order valence-electron chi connectivity index (χ0n) is 56.6. The second kappa shape index (κ2) is 65.5. The summed E-state index contributed by atoms with van der Waals surface area (Å²) < 4.78 is 22.9. The number of hydrogen-bond acceptors (Lipinski definition) is 15. The Morgan fingerprint density at radius 1 is 0.453 bits per heavy atom. The van der Waals surface area contributed by atoms with E-state index in [4.69, 9.17) is 14.1 Å². The predicted molar refractivity (Wildman–Crippen MR) is 368 cm³/mol. The maximum atomic E-state index is 12.5. The van der Waals surface area contributed by atoms with Gasteiger partial charge in [-0.3, -0.25) is 4.79 Å². The predicted octanol–water partition coefficient (Wildman–Crippen LogP) is 10.8. The van der Waals surface area contributed by atoms with E-state index in [2.05, 4.69) is 30.9 Å². The van der Waals surface area contributed by atoms with Crippen LogP contribution in [0.1, 0.15) is 217 Å². The van der Waals surface area contributed by atoms with Crippen molar-refractivity contribution in [2.24, 2.45) is 5.92 Å². The molecule has 0 atom stereocenters. The average Bonchev–Trinajstić information content (AvgIpc) is 3.54. The van der Waals surface area contributed by atoms with Crippen LogP contribution in [0.3, 0.4) is 0 Å². The summed E-state index contributed by atoms with van der Waals surface area (Å²) in [5.74, 6) is 0.758. The van der Waals surface area contributed by atoms with Gasteiger partial charge in [0.05, 0.1) is 0 Å². The Labute approximate surface area is 530 Å². The zero-order valence-corrected chi connectivity index (χ0v) is 56.6. The van der Waals surface area contributed by atoms with Gasteiger partial charge in [0, 0.05) is 19.5 Å². The van der Waals surface area contributed by atoms with Crippen molar-refractivity contribution in [3.63, 3.8) is 0 Å². The first-order valence-electron chi connectivity index (χ1n) is 34.7. The molecule has 8 N–H and O–H groups in total. The normalized spacial score (nSPS) is 11.1. The zero-order chi connectivity index (χ0) is 63.9. The van der Waals surface area contributed by atoms with E-state index in [0.29, 0.717) is 25.5 Å². The summed E-state index contributed by atoms with van der Waals surface area (Å²) in [4.78, 5) is 32.5. The number of nitrogens with zero attached hydrogens (tertiary/aromatic N) is 4. The standard InChI is InChI=1S/C61H124B4N8O7.2CH3BO/c1-62(76)70(5)49-39-53-72(64(3)78)51-37-35-45-66-55-59(56-67-46-36-38-52-73(65(4)79)54-40-50-71(6)63(2)77)43-29-25-27-33-47-68-60(74)44-32-24-22-20-18-16-14-12-10-8-7-9-11-13-15-17-19-21-23-26-34-48-69-61(75)80-57-58-41-30-28-31-42-58;2*1-2-3/h28,30-31,41-42,59,66-67,76-79H,7-27,29,32-40,43-57H2,1-6H3,(H,68,74)(H,69,75);2*1H3. The Morgan fingerprint density at radius 3 is 1.17 bits per heavy atom. The first kappa shape index (κ1) is 85.6. The van der Waals surface area contributed by atoms with E-state index in [9.17, 15) is 29.7 Å². The molecule has 0 spiro atoms. The molecule has 86 heavy (non-hydrogen) atoms. The number of hydrogen-bond donors (Lipinski definition) is 8. The summed E-state index contributed by atoms with van der Waals surface area (Å²) in [7, 11) is 3.47. The summed E-state index contributed by atoms with van der Waals surface area (Å²) in [6, 6.07) is 9.78. The minimum absolute atomic E-state index is 0.213. The van der Waals surface area contributed by atoms with Gasteiger partial charge < -0.3 is 65.3 Å². The number of carbonyl (C=O) groups excluding carboxylic acids is 2. The molecule has 494 valence electrons. The molecule has 0 fully saturated rings. The molecule has 1 aromatic carbocycles. The van der Waals surface area contributed by atoms with Gasteiger partial charge >= 0.3 is 71.7 Å². The van der Waals surface area contributed by atoms with Crippen LogP contribution in [0, 0.1) is 5.92 Å². The Balaban J connectivity index is 0. The van der Waals surface area contributed by atoms with Gasteiger partial charge in [0.1, 0.15) is 6.61 Å². The van der Waals surface area contributed by atoms with Gasteiger partial charge in [0.2, 0.25) is 5.91 Å². The van der Waals surface area contributed by atoms with E-state index in [-0.39, 0.29) is 12.0 Å². The molecule has 23 heteroatoms. The summed E-state index contributed by atoms with van der Waals surface area (Å²) in [6.07, 6.45) is 39.3. The fraction of sp³-hybridized carbons (Fsp3) is 0.873. The van der Waals surface area contributed by atoms with Crippen molar-refractivity contribution in [3.05, 3.63) is 35.9 Å². The monoisotopic (exact) mass is 1210 g/mol. The average molecular weight is 1210 g/mol. The number of rotatable bonds is 59. The molecule has 0 radical (unpaired) electrons. The molecule has 2 amide bonds. The number of unbranched alkanes of at least 4 members (excludes halogenated alkanes) is 25. The van der Waals surface area contributed by atoms with Gasteiger partial charge in [-0.15, -0.1) is 0 Å². The van der Waals surface area contributed by atoms with Crippen LogP contribution in [0.25, 0.3) is 0 Å². The topological polar surface area (TPSA) is 220 Å². The van der Waals surface area contributed by atoms with Crippen LogP contribution in [0.2, 0.25) is 40.9 Å². The number of amides is 2. The molecule has 0 aliphatic heterocycles. The summed E-state index contributed by atoms with van der Waals surface area (Å²) in [5.41, 5.74) is 1.01. The molecule has 0 saturated carbocycles. The quantitative estimate of drug-likeness (QED) is 0.0225. The second-order valence-electron chi connectivity index (χ2n) is 24.1.